The lowest BCUT2D eigenvalue weighted by molar-refractivity contribution is 0.416. The van der Waals surface area contributed by atoms with Crippen molar-refractivity contribution in [1.82, 2.24) is 0 Å². The summed E-state index contributed by atoms with van der Waals surface area (Å²) in [5, 5.41) is 6.20. The Kier molecular flexibility index (Phi) is 4.54. The predicted octanol–water partition coefficient (Wildman–Crippen LogP) is 5.09. The van der Waals surface area contributed by atoms with Gasteiger partial charge in [0.15, 0.2) is 0 Å². The van der Waals surface area contributed by atoms with Crippen molar-refractivity contribution in [2.24, 2.45) is 0 Å². The molecule has 0 amide bonds. The summed E-state index contributed by atoms with van der Waals surface area (Å²) in [6.45, 7) is 2.74. The molecule has 0 spiro atoms. The highest BCUT2D eigenvalue weighted by Crippen LogP contribution is 2.31. The van der Waals surface area contributed by atoms with E-state index >= 15 is 0 Å². The molecule has 5 heteroatoms. The molecular formula is C13H13BrClNOS. The smallest absolute Gasteiger partial charge is 0.143 e. The van der Waals surface area contributed by atoms with Crippen molar-refractivity contribution in [1.29, 1.82) is 0 Å². The van der Waals surface area contributed by atoms with E-state index in [4.69, 9.17) is 16.3 Å². The number of hydrogen-bond acceptors (Lipinski definition) is 3. The molecular weight excluding hydrogens is 334 g/mol. The predicted molar refractivity (Wildman–Crippen MR) is 82.1 cm³/mol. The van der Waals surface area contributed by atoms with Gasteiger partial charge in [0.25, 0.3) is 0 Å². The number of benzene rings is 1. The summed E-state index contributed by atoms with van der Waals surface area (Å²) in [6, 6.07) is 5.94. The summed E-state index contributed by atoms with van der Waals surface area (Å²) < 4.78 is 6.46. The number of methoxy groups -OCH3 is 1. The van der Waals surface area contributed by atoms with E-state index in [1.807, 2.05) is 19.1 Å². The zero-order chi connectivity index (χ0) is 13.1. The molecule has 1 aromatic heterocycles. The van der Waals surface area contributed by atoms with E-state index in [-0.39, 0.29) is 0 Å². The first-order valence-electron chi connectivity index (χ1n) is 5.41. The number of hydrogen-bond donors (Lipinski definition) is 1. The Labute approximate surface area is 124 Å². The van der Waals surface area contributed by atoms with Crippen LogP contribution in [0.15, 0.2) is 27.4 Å². The Bertz CT molecular complexity index is 556. The molecule has 0 atom stereocenters. The number of rotatable bonds is 4. The second kappa shape index (κ2) is 5.95. The third kappa shape index (κ3) is 3.19. The van der Waals surface area contributed by atoms with Crippen molar-refractivity contribution in [3.63, 3.8) is 0 Å². The Balaban J connectivity index is 2.15. The van der Waals surface area contributed by atoms with E-state index < -0.39 is 0 Å². The van der Waals surface area contributed by atoms with Gasteiger partial charge >= 0.3 is 0 Å². The summed E-state index contributed by atoms with van der Waals surface area (Å²) in [4.78, 5) is 0. The van der Waals surface area contributed by atoms with E-state index in [2.05, 4.69) is 32.7 Å². The van der Waals surface area contributed by atoms with Crippen LogP contribution in [0.5, 0.6) is 5.75 Å². The van der Waals surface area contributed by atoms with E-state index in [9.17, 15) is 0 Å². The Morgan fingerprint density at radius 1 is 1.39 bits per heavy atom. The molecule has 2 rings (SSSR count). The standard InChI is InChI=1S/C13H13BrClNOS/c1-8-3-11(12(17-2)5-10(8)15)16-6-9-4-13(14)18-7-9/h3-5,7,16H,6H2,1-2H3. The maximum atomic E-state index is 6.07. The van der Waals surface area contributed by atoms with Gasteiger partial charge in [-0.2, -0.15) is 0 Å². The summed E-state index contributed by atoms with van der Waals surface area (Å²) >= 11 is 11.2. The number of ether oxygens (including phenoxy) is 1. The molecule has 0 aliphatic carbocycles. The number of anilines is 1. The molecule has 0 radical (unpaired) electrons. The van der Waals surface area contributed by atoms with Crippen LogP contribution in [-0.4, -0.2) is 7.11 Å². The highest BCUT2D eigenvalue weighted by molar-refractivity contribution is 9.11. The largest absolute Gasteiger partial charge is 0.495 e. The molecule has 1 aromatic carbocycles. The number of thiophene rings is 1. The maximum absolute atomic E-state index is 6.07. The lowest BCUT2D eigenvalue weighted by Gasteiger charge is -2.12. The monoisotopic (exact) mass is 345 g/mol. The summed E-state index contributed by atoms with van der Waals surface area (Å²) in [6.07, 6.45) is 0. The number of aryl methyl sites for hydroxylation is 1. The number of nitrogens with one attached hydrogen (secondary N) is 1. The number of halogens is 2. The quantitative estimate of drug-likeness (QED) is 0.832. The molecule has 18 heavy (non-hydrogen) atoms. The molecule has 0 fully saturated rings. The van der Waals surface area contributed by atoms with Crippen molar-refractivity contribution in [2.45, 2.75) is 13.5 Å². The molecule has 0 unspecified atom stereocenters. The van der Waals surface area contributed by atoms with Crippen LogP contribution in [0.25, 0.3) is 0 Å². The average molecular weight is 347 g/mol. The molecule has 0 saturated carbocycles. The van der Waals surface area contributed by atoms with Crippen molar-refractivity contribution in [3.05, 3.63) is 43.5 Å². The summed E-state index contributed by atoms with van der Waals surface area (Å²) in [5.74, 6) is 0.764. The van der Waals surface area contributed by atoms with Gasteiger partial charge in [0.05, 0.1) is 16.6 Å². The van der Waals surface area contributed by atoms with Gasteiger partial charge < -0.3 is 10.1 Å². The third-order valence-corrected chi connectivity index (χ3v) is 4.55. The van der Waals surface area contributed by atoms with Crippen LogP contribution in [0.2, 0.25) is 5.02 Å². The minimum atomic E-state index is 0.718. The summed E-state index contributed by atoms with van der Waals surface area (Å²) in [5.41, 5.74) is 3.23. The van der Waals surface area contributed by atoms with Crippen LogP contribution in [0.3, 0.4) is 0 Å². The van der Waals surface area contributed by atoms with Gasteiger partial charge in [-0.25, -0.2) is 0 Å². The van der Waals surface area contributed by atoms with Gasteiger partial charge in [-0.15, -0.1) is 11.3 Å². The maximum Gasteiger partial charge on any atom is 0.143 e. The van der Waals surface area contributed by atoms with Gasteiger partial charge in [0, 0.05) is 17.6 Å². The molecule has 1 N–H and O–H groups in total. The highest BCUT2D eigenvalue weighted by atomic mass is 79.9. The molecule has 0 saturated heterocycles. The van der Waals surface area contributed by atoms with Gasteiger partial charge in [-0.1, -0.05) is 11.6 Å². The molecule has 2 aromatic rings. The van der Waals surface area contributed by atoms with Crippen molar-refractivity contribution < 1.29 is 4.74 Å². The van der Waals surface area contributed by atoms with E-state index in [1.54, 1.807) is 18.4 Å². The second-order valence-corrected chi connectivity index (χ2v) is 6.61. The molecule has 0 bridgehead atoms. The first-order chi connectivity index (χ1) is 8.60. The minimum Gasteiger partial charge on any atom is -0.495 e. The third-order valence-electron chi connectivity index (χ3n) is 2.59. The van der Waals surface area contributed by atoms with E-state index in [0.717, 1.165) is 32.4 Å². The molecule has 2 nitrogen and oxygen atoms in total. The Morgan fingerprint density at radius 2 is 2.17 bits per heavy atom. The Morgan fingerprint density at radius 3 is 2.78 bits per heavy atom. The van der Waals surface area contributed by atoms with Crippen LogP contribution in [-0.2, 0) is 6.54 Å². The molecule has 1 heterocycles. The first kappa shape index (κ1) is 13.7. The van der Waals surface area contributed by atoms with Gasteiger partial charge in [0.2, 0.25) is 0 Å². The second-order valence-electron chi connectivity index (χ2n) is 3.91. The zero-order valence-corrected chi connectivity index (χ0v) is 13.2. The lowest BCUT2D eigenvalue weighted by Crippen LogP contribution is -2.01. The fraction of sp³-hybridized carbons (Fsp3) is 0.231. The summed E-state index contributed by atoms with van der Waals surface area (Å²) in [7, 11) is 1.65. The van der Waals surface area contributed by atoms with Gasteiger partial charge in [-0.05, 0) is 51.5 Å². The van der Waals surface area contributed by atoms with Crippen molar-refractivity contribution in [3.8, 4) is 5.75 Å². The van der Waals surface area contributed by atoms with Crippen LogP contribution in [0, 0.1) is 6.92 Å². The fourth-order valence-corrected chi connectivity index (χ4v) is 2.97. The average Bonchev–Trinajstić information content (AvgIpc) is 2.76. The SMILES string of the molecule is COc1cc(Cl)c(C)cc1NCc1csc(Br)c1. The van der Waals surface area contributed by atoms with Crippen molar-refractivity contribution >= 4 is 44.6 Å². The fourth-order valence-electron chi connectivity index (χ4n) is 1.61. The zero-order valence-electron chi connectivity index (χ0n) is 10.1. The molecule has 96 valence electrons. The lowest BCUT2D eigenvalue weighted by atomic mass is 10.2. The molecule has 0 aliphatic heterocycles. The first-order valence-corrected chi connectivity index (χ1v) is 7.46. The van der Waals surface area contributed by atoms with Crippen LogP contribution < -0.4 is 10.1 Å². The van der Waals surface area contributed by atoms with Gasteiger partial charge in [0.1, 0.15) is 5.75 Å². The van der Waals surface area contributed by atoms with Crippen LogP contribution in [0.1, 0.15) is 11.1 Å². The van der Waals surface area contributed by atoms with E-state index in [0.29, 0.717) is 0 Å². The molecule has 0 aliphatic rings. The topological polar surface area (TPSA) is 21.3 Å². The minimum absolute atomic E-state index is 0.718. The van der Waals surface area contributed by atoms with E-state index in [1.165, 1.54) is 5.56 Å². The van der Waals surface area contributed by atoms with Crippen LogP contribution >= 0.6 is 38.9 Å². The van der Waals surface area contributed by atoms with Gasteiger partial charge in [-0.3, -0.25) is 0 Å². The normalized spacial score (nSPS) is 10.4. The Hall–Kier alpha value is -0.710. The highest BCUT2D eigenvalue weighted by Gasteiger charge is 2.07. The van der Waals surface area contributed by atoms with Crippen LogP contribution in [0.4, 0.5) is 5.69 Å². The van der Waals surface area contributed by atoms with Crippen molar-refractivity contribution in [2.75, 3.05) is 12.4 Å².